The van der Waals surface area contributed by atoms with E-state index in [-0.39, 0.29) is 18.3 Å². The molecule has 0 spiro atoms. The number of thiazole rings is 1. The lowest BCUT2D eigenvalue weighted by molar-refractivity contribution is -0.120. The second kappa shape index (κ2) is 9.51. The summed E-state index contributed by atoms with van der Waals surface area (Å²) in [7, 11) is 0. The van der Waals surface area contributed by atoms with Crippen LogP contribution in [0.1, 0.15) is 5.56 Å². The maximum Gasteiger partial charge on any atom is 0.266 e. The molecule has 1 saturated heterocycles. The number of carbonyl (C=O) groups excluding carboxylic acids is 1. The lowest BCUT2D eigenvalue weighted by atomic mass is 10.2. The van der Waals surface area contributed by atoms with Gasteiger partial charge in [0.25, 0.3) is 5.91 Å². The van der Waals surface area contributed by atoms with Crippen molar-refractivity contribution in [3.05, 3.63) is 53.8 Å². The third-order valence-electron chi connectivity index (χ3n) is 5.06. The number of aromatic nitrogens is 1. The van der Waals surface area contributed by atoms with E-state index in [1.54, 1.807) is 11.0 Å². The average molecular weight is 430 g/mol. The Labute approximate surface area is 178 Å². The van der Waals surface area contributed by atoms with Gasteiger partial charge in [0, 0.05) is 26.2 Å². The van der Waals surface area contributed by atoms with Crippen LogP contribution < -0.4 is 9.64 Å². The quantitative estimate of drug-likeness (QED) is 0.576. The van der Waals surface area contributed by atoms with E-state index >= 15 is 0 Å². The molecule has 1 fully saturated rings. The number of fused-ring (bicyclic) bond motifs is 1. The van der Waals surface area contributed by atoms with Crippen molar-refractivity contribution in [1.82, 2.24) is 9.88 Å². The van der Waals surface area contributed by atoms with Crippen molar-refractivity contribution in [2.24, 2.45) is 0 Å². The number of aryl methyl sites for hydroxylation is 1. The maximum absolute atomic E-state index is 13.6. The first-order valence-corrected chi connectivity index (χ1v) is 10.8. The fourth-order valence-electron chi connectivity index (χ4n) is 3.33. The highest BCUT2D eigenvalue weighted by atomic mass is 32.1. The largest absolute Gasteiger partial charge is 0.483 e. The van der Waals surface area contributed by atoms with Crippen molar-refractivity contribution in [2.45, 2.75) is 6.92 Å². The Hall–Kier alpha value is -2.55. The summed E-state index contributed by atoms with van der Waals surface area (Å²) in [6.07, 6.45) is 0. The summed E-state index contributed by atoms with van der Waals surface area (Å²) < 4.78 is 25.5. The summed E-state index contributed by atoms with van der Waals surface area (Å²) in [6, 6.07) is 12.1. The molecule has 1 aliphatic rings. The Morgan fingerprint density at radius 2 is 2.07 bits per heavy atom. The number of hydrogen-bond acceptors (Lipinski definition) is 6. The molecule has 0 N–H and O–H groups in total. The number of nitrogens with zero attached hydrogens (tertiary/aromatic N) is 3. The standard InChI is InChI=1S/C22H24FN3O3S/c1-16-4-2-3-5-19(16)29-15-21(27)26(9-8-25-10-12-28-13-11-25)22-24-18-7-6-17(23)14-20(18)30-22/h2-7,14H,8-13,15H2,1H3. The number of para-hydroxylation sites is 1. The fraction of sp³-hybridized carbons (Fsp3) is 0.364. The number of hydrogen-bond donors (Lipinski definition) is 0. The third-order valence-corrected chi connectivity index (χ3v) is 6.10. The van der Waals surface area contributed by atoms with E-state index in [2.05, 4.69) is 9.88 Å². The second-order valence-electron chi connectivity index (χ2n) is 7.16. The first-order chi connectivity index (χ1) is 14.6. The molecule has 0 aliphatic carbocycles. The molecule has 0 bridgehead atoms. The first kappa shape index (κ1) is 20.7. The van der Waals surface area contributed by atoms with Crippen LogP contribution >= 0.6 is 11.3 Å². The van der Waals surface area contributed by atoms with Gasteiger partial charge >= 0.3 is 0 Å². The van der Waals surface area contributed by atoms with Gasteiger partial charge in [0.15, 0.2) is 11.7 Å². The zero-order valence-electron chi connectivity index (χ0n) is 16.8. The Bertz CT molecular complexity index is 1020. The van der Waals surface area contributed by atoms with Crippen LogP contribution in [0.4, 0.5) is 9.52 Å². The highest BCUT2D eigenvalue weighted by molar-refractivity contribution is 7.22. The molecule has 6 nitrogen and oxygen atoms in total. The zero-order valence-corrected chi connectivity index (χ0v) is 17.7. The minimum atomic E-state index is -0.313. The second-order valence-corrected chi connectivity index (χ2v) is 8.17. The zero-order chi connectivity index (χ0) is 20.9. The van der Waals surface area contributed by atoms with Gasteiger partial charge in [-0.15, -0.1) is 0 Å². The maximum atomic E-state index is 13.6. The Balaban J connectivity index is 1.52. The molecule has 4 rings (SSSR count). The molecular weight excluding hydrogens is 405 g/mol. The van der Waals surface area contributed by atoms with E-state index in [1.165, 1.54) is 23.5 Å². The van der Waals surface area contributed by atoms with Crippen molar-refractivity contribution in [3.63, 3.8) is 0 Å². The van der Waals surface area contributed by atoms with Crippen molar-refractivity contribution in [2.75, 3.05) is 50.9 Å². The van der Waals surface area contributed by atoms with Crippen LogP contribution in [0, 0.1) is 12.7 Å². The van der Waals surface area contributed by atoms with Gasteiger partial charge in [-0.3, -0.25) is 14.6 Å². The number of amides is 1. The van der Waals surface area contributed by atoms with Gasteiger partial charge in [0.1, 0.15) is 11.6 Å². The van der Waals surface area contributed by atoms with Gasteiger partial charge in [0.05, 0.1) is 23.4 Å². The summed E-state index contributed by atoms with van der Waals surface area (Å²) in [5.74, 6) is 0.197. The molecule has 0 atom stereocenters. The molecule has 3 aromatic rings. The molecular formula is C22H24FN3O3S. The number of morpholine rings is 1. The molecule has 1 aromatic heterocycles. The predicted molar refractivity (Wildman–Crippen MR) is 116 cm³/mol. The Morgan fingerprint density at radius 3 is 2.87 bits per heavy atom. The molecule has 8 heteroatoms. The van der Waals surface area contributed by atoms with E-state index in [0.717, 1.165) is 18.7 Å². The van der Waals surface area contributed by atoms with Crippen LogP contribution in [0.2, 0.25) is 0 Å². The highest BCUT2D eigenvalue weighted by Crippen LogP contribution is 2.29. The minimum Gasteiger partial charge on any atom is -0.483 e. The molecule has 30 heavy (non-hydrogen) atoms. The van der Waals surface area contributed by atoms with Gasteiger partial charge in [-0.1, -0.05) is 29.5 Å². The Morgan fingerprint density at radius 1 is 1.27 bits per heavy atom. The molecule has 158 valence electrons. The highest BCUT2D eigenvalue weighted by Gasteiger charge is 2.22. The first-order valence-electron chi connectivity index (χ1n) is 9.95. The SMILES string of the molecule is Cc1ccccc1OCC(=O)N(CCN1CCOCC1)c1nc2ccc(F)cc2s1. The summed E-state index contributed by atoms with van der Waals surface area (Å²) in [6.45, 7) is 6.13. The molecule has 1 aliphatic heterocycles. The van der Waals surface area contributed by atoms with E-state index < -0.39 is 0 Å². The smallest absolute Gasteiger partial charge is 0.266 e. The molecule has 2 aromatic carbocycles. The van der Waals surface area contributed by atoms with Crippen LogP contribution in [-0.2, 0) is 9.53 Å². The van der Waals surface area contributed by atoms with Crippen molar-refractivity contribution >= 4 is 32.6 Å². The van der Waals surface area contributed by atoms with Gasteiger partial charge in [-0.05, 0) is 36.8 Å². The van der Waals surface area contributed by atoms with E-state index in [1.807, 2.05) is 31.2 Å². The number of ether oxygens (including phenoxy) is 2. The van der Waals surface area contributed by atoms with Gasteiger partial charge in [-0.25, -0.2) is 9.37 Å². The Kier molecular flexibility index (Phi) is 6.56. The molecule has 0 radical (unpaired) electrons. The average Bonchev–Trinajstić information content (AvgIpc) is 3.16. The number of carbonyl (C=O) groups is 1. The number of rotatable bonds is 7. The van der Waals surface area contributed by atoms with E-state index in [9.17, 15) is 9.18 Å². The predicted octanol–water partition coefficient (Wildman–Crippen LogP) is 3.49. The lowest BCUT2D eigenvalue weighted by Crippen LogP contribution is -2.44. The lowest BCUT2D eigenvalue weighted by Gasteiger charge is -2.29. The molecule has 1 amide bonds. The van der Waals surface area contributed by atoms with E-state index in [4.69, 9.17) is 9.47 Å². The topological polar surface area (TPSA) is 54.9 Å². The number of anilines is 1. The molecule has 0 saturated carbocycles. The van der Waals surface area contributed by atoms with Crippen LogP contribution in [0.15, 0.2) is 42.5 Å². The van der Waals surface area contributed by atoms with E-state index in [0.29, 0.717) is 47.4 Å². The van der Waals surface area contributed by atoms with Crippen LogP contribution in [-0.4, -0.2) is 61.8 Å². The van der Waals surface area contributed by atoms with Gasteiger partial charge in [-0.2, -0.15) is 0 Å². The third kappa shape index (κ3) is 4.95. The number of benzene rings is 2. The van der Waals surface area contributed by atoms with Crippen molar-refractivity contribution in [1.29, 1.82) is 0 Å². The normalized spacial score (nSPS) is 14.7. The van der Waals surface area contributed by atoms with Crippen molar-refractivity contribution in [3.8, 4) is 5.75 Å². The van der Waals surface area contributed by atoms with Gasteiger partial charge in [0.2, 0.25) is 0 Å². The molecule has 2 heterocycles. The summed E-state index contributed by atoms with van der Waals surface area (Å²) in [5.41, 5.74) is 1.65. The van der Waals surface area contributed by atoms with Crippen LogP contribution in [0.3, 0.4) is 0 Å². The van der Waals surface area contributed by atoms with Crippen LogP contribution in [0.5, 0.6) is 5.75 Å². The monoisotopic (exact) mass is 429 g/mol. The fourth-order valence-corrected chi connectivity index (χ4v) is 4.36. The van der Waals surface area contributed by atoms with Crippen molar-refractivity contribution < 1.29 is 18.7 Å². The van der Waals surface area contributed by atoms with Crippen LogP contribution in [0.25, 0.3) is 10.2 Å². The summed E-state index contributed by atoms with van der Waals surface area (Å²) >= 11 is 1.31. The molecule has 0 unspecified atom stereocenters. The number of halogens is 1. The van der Waals surface area contributed by atoms with Gasteiger partial charge < -0.3 is 9.47 Å². The summed E-state index contributed by atoms with van der Waals surface area (Å²) in [4.78, 5) is 21.6. The minimum absolute atomic E-state index is 0.0851. The summed E-state index contributed by atoms with van der Waals surface area (Å²) in [5, 5.41) is 0.558.